The highest BCUT2D eigenvalue weighted by Gasteiger charge is 2.34. The van der Waals surface area contributed by atoms with Gasteiger partial charge in [0, 0.05) is 61.1 Å². The average Bonchev–Trinajstić information content (AvgIpc) is 3.71. The van der Waals surface area contributed by atoms with E-state index >= 15 is 0 Å². The van der Waals surface area contributed by atoms with Crippen molar-refractivity contribution in [2.45, 2.75) is 18.9 Å². The van der Waals surface area contributed by atoms with Crippen molar-refractivity contribution < 1.29 is 9.90 Å². The zero-order chi connectivity index (χ0) is 25.2. The molecule has 2 aromatic heterocycles. The summed E-state index contributed by atoms with van der Waals surface area (Å²) < 4.78 is 0. The molecule has 3 N–H and O–H groups in total. The van der Waals surface area contributed by atoms with Gasteiger partial charge in [0.2, 0.25) is 0 Å². The van der Waals surface area contributed by atoms with Gasteiger partial charge in [-0.15, -0.1) is 0 Å². The van der Waals surface area contributed by atoms with E-state index in [4.69, 9.17) is 5.11 Å². The first-order valence-corrected chi connectivity index (χ1v) is 13.1. The van der Waals surface area contributed by atoms with Crippen molar-refractivity contribution in [2.75, 3.05) is 44.2 Å². The van der Waals surface area contributed by atoms with Crippen LogP contribution in [0.5, 0.6) is 0 Å². The summed E-state index contributed by atoms with van der Waals surface area (Å²) in [4.78, 5) is 22.4. The Morgan fingerprint density at radius 1 is 1.05 bits per heavy atom. The zero-order valence-electron chi connectivity index (χ0n) is 20.8. The number of benzene rings is 2. The number of nitrogens with one attached hydrogen (secondary N) is 2. The van der Waals surface area contributed by atoms with E-state index in [-0.39, 0.29) is 18.6 Å². The van der Waals surface area contributed by atoms with Crippen LogP contribution in [0.4, 0.5) is 5.69 Å². The van der Waals surface area contributed by atoms with Crippen LogP contribution in [0.25, 0.3) is 22.2 Å². The molecular weight excluding hydrogens is 464 g/mol. The number of aromatic amines is 1. The molecule has 3 heterocycles. The summed E-state index contributed by atoms with van der Waals surface area (Å²) in [6, 6.07) is 20.0. The molecule has 37 heavy (non-hydrogen) atoms. The van der Waals surface area contributed by atoms with Crippen LogP contribution in [0.2, 0.25) is 0 Å². The summed E-state index contributed by atoms with van der Waals surface area (Å²) in [7, 11) is 0. The third-order valence-corrected chi connectivity index (χ3v) is 7.51. The van der Waals surface area contributed by atoms with Crippen molar-refractivity contribution in [3.8, 4) is 11.3 Å². The van der Waals surface area contributed by atoms with E-state index in [1.807, 2.05) is 36.4 Å². The van der Waals surface area contributed by atoms with E-state index in [2.05, 4.69) is 54.6 Å². The van der Waals surface area contributed by atoms with Crippen LogP contribution in [0, 0.1) is 5.92 Å². The van der Waals surface area contributed by atoms with E-state index in [1.54, 1.807) is 6.20 Å². The minimum absolute atomic E-state index is 0.0636. The highest BCUT2D eigenvalue weighted by atomic mass is 16.3. The number of piperazine rings is 1. The molecule has 8 nitrogen and oxygen atoms in total. The number of rotatable bonds is 8. The van der Waals surface area contributed by atoms with E-state index in [1.165, 1.54) is 5.69 Å². The number of fused-ring (bicyclic) bond motifs is 1. The van der Waals surface area contributed by atoms with Gasteiger partial charge in [-0.2, -0.15) is 5.10 Å². The Kier molecular flexibility index (Phi) is 6.59. The van der Waals surface area contributed by atoms with Gasteiger partial charge in [-0.05, 0) is 61.2 Å². The predicted octanol–water partition coefficient (Wildman–Crippen LogP) is 3.62. The first kappa shape index (κ1) is 23.6. The van der Waals surface area contributed by atoms with Crippen LogP contribution in [-0.4, -0.2) is 70.4 Å². The molecule has 6 rings (SSSR count). The summed E-state index contributed by atoms with van der Waals surface area (Å²) in [6.45, 7) is 4.76. The van der Waals surface area contributed by atoms with Gasteiger partial charge < -0.3 is 15.3 Å². The number of anilines is 1. The molecule has 4 aromatic rings. The van der Waals surface area contributed by atoms with Gasteiger partial charge in [0.05, 0.1) is 29.6 Å². The van der Waals surface area contributed by atoms with E-state index in [9.17, 15) is 4.79 Å². The SMILES string of the molecule is O=C(NC(c1ccccn1)C1CC1)c1ccc2[nH]nc(-c3ccc(N4CCN(CCO)CC4)cc3)c2c1. The first-order valence-electron chi connectivity index (χ1n) is 13.1. The fourth-order valence-electron chi connectivity index (χ4n) is 5.22. The molecular formula is C29H32N6O2. The molecule has 1 aliphatic heterocycles. The van der Waals surface area contributed by atoms with Gasteiger partial charge in [0.15, 0.2) is 0 Å². The molecule has 1 unspecified atom stereocenters. The number of nitrogens with zero attached hydrogens (tertiary/aromatic N) is 4. The number of H-pyrrole nitrogens is 1. The normalized spacial score (nSPS) is 17.2. The number of aliphatic hydroxyl groups is 1. The topological polar surface area (TPSA) is 97.4 Å². The van der Waals surface area contributed by atoms with Crippen LogP contribution < -0.4 is 10.2 Å². The fraction of sp³-hybridized carbons (Fsp3) is 0.345. The molecule has 1 atom stereocenters. The van der Waals surface area contributed by atoms with Crippen LogP contribution >= 0.6 is 0 Å². The Bertz CT molecular complexity index is 1360. The van der Waals surface area contributed by atoms with E-state index in [0.717, 1.165) is 73.4 Å². The molecule has 1 saturated carbocycles. The third kappa shape index (κ3) is 5.08. The maximum atomic E-state index is 13.3. The zero-order valence-corrected chi connectivity index (χ0v) is 20.8. The minimum atomic E-state index is -0.0905. The van der Waals surface area contributed by atoms with Gasteiger partial charge in [-0.1, -0.05) is 18.2 Å². The lowest BCUT2D eigenvalue weighted by atomic mass is 10.0. The Morgan fingerprint density at radius 3 is 2.57 bits per heavy atom. The van der Waals surface area contributed by atoms with Gasteiger partial charge in [0.25, 0.3) is 5.91 Å². The van der Waals surface area contributed by atoms with Crippen molar-refractivity contribution in [1.29, 1.82) is 0 Å². The van der Waals surface area contributed by atoms with Crippen LogP contribution in [0.3, 0.4) is 0 Å². The molecule has 1 saturated heterocycles. The molecule has 8 heteroatoms. The molecule has 2 fully saturated rings. The quantitative estimate of drug-likeness (QED) is 0.345. The van der Waals surface area contributed by atoms with Crippen LogP contribution in [-0.2, 0) is 0 Å². The van der Waals surface area contributed by atoms with E-state index < -0.39 is 0 Å². The van der Waals surface area contributed by atoms with E-state index in [0.29, 0.717) is 11.5 Å². The predicted molar refractivity (Wildman–Crippen MR) is 144 cm³/mol. The Hall–Kier alpha value is -3.75. The van der Waals surface area contributed by atoms with Gasteiger partial charge in [0.1, 0.15) is 0 Å². The number of aromatic nitrogens is 3. The smallest absolute Gasteiger partial charge is 0.251 e. The van der Waals surface area contributed by atoms with Crippen molar-refractivity contribution >= 4 is 22.5 Å². The summed E-state index contributed by atoms with van der Waals surface area (Å²) >= 11 is 0. The molecule has 2 aromatic carbocycles. The average molecular weight is 497 g/mol. The van der Waals surface area contributed by atoms with Crippen molar-refractivity contribution in [3.05, 3.63) is 78.1 Å². The maximum absolute atomic E-state index is 13.3. The first-order chi connectivity index (χ1) is 18.2. The molecule has 2 aliphatic rings. The van der Waals surface area contributed by atoms with Crippen molar-refractivity contribution in [2.24, 2.45) is 5.92 Å². The lowest BCUT2D eigenvalue weighted by Crippen LogP contribution is -2.47. The summed E-state index contributed by atoms with van der Waals surface area (Å²) in [5.41, 5.74) is 5.47. The number of carbonyl (C=O) groups excluding carboxylic acids is 1. The Balaban J connectivity index is 1.20. The largest absolute Gasteiger partial charge is 0.395 e. The summed E-state index contributed by atoms with van der Waals surface area (Å²) in [5, 5.41) is 21.0. The fourth-order valence-corrected chi connectivity index (χ4v) is 5.22. The van der Waals surface area contributed by atoms with Crippen LogP contribution in [0.1, 0.15) is 34.9 Å². The highest BCUT2D eigenvalue weighted by molar-refractivity contribution is 6.01. The van der Waals surface area contributed by atoms with Gasteiger partial charge in [-0.25, -0.2) is 0 Å². The number of pyridine rings is 1. The Labute approximate surface area is 216 Å². The second kappa shape index (κ2) is 10.3. The lowest BCUT2D eigenvalue weighted by Gasteiger charge is -2.35. The van der Waals surface area contributed by atoms with Crippen molar-refractivity contribution in [3.63, 3.8) is 0 Å². The van der Waals surface area contributed by atoms with Crippen molar-refractivity contribution in [1.82, 2.24) is 25.4 Å². The molecule has 0 radical (unpaired) electrons. The van der Waals surface area contributed by atoms with Crippen LogP contribution in [0.15, 0.2) is 66.9 Å². The second-order valence-electron chi connectivity index (χ2n) is 9.97. The molecule has 0 bridgehead atoms. The molecule has 1 amide bonds. The highest BCUT2D eigenvalue weighted by Crippen LogP contribution is 2.40. The summed E-state index contributed by atoms with van der Waals surface area (Å²) in [5.74, 6) is 0.357. The molecule has 0 spiro atoms. The number of hydrogen-bond donors (Lipinski definition) is 3. The number of aliphatic hydroxyl groups excluding tert-OH is 1. The maximum Gasteiger partial charge on any atom is 0.251 e. The number of carbonyl (C=O) groups is 1. The Morgan fingerprint density at radius 2 is 1.86 bits per heavy atom. The number of β-amino-alcohol motifs (C(OH)–C–C–N with tert-alkyl or cyclic N) is 1. The standard InChI is InChI=1S/C29H32N6O2/c36-18-17-34-13-15-35(16-14-34)23-9-6-20(7-10-23)27-24-19-22(8-11-25(24)32-33-27)29(37)31-28(21-4-5-21)26-3-1-2-12-30-26/h1-3,6-12,19,21,28,36H,4-5,13-18H2,(H,31,37)(H,32,33). The summed E-state index contributed by atoms with van der Waals surface area (Å²) in [6.07, 6.45) is 4.00. The number of hydrogen-bond acceptors (Lipinski definition) is 6. The number of amides is 1. The van der Waals surface area contributed by atoms with Gasteiger partial charge in [-0.3, -0.25) is 19.8 Å². The molecule has 190 valence electrons. The lowest BCUT2D eigenvalue weighted by molar-refractivity contribution is 0.0931. The molecule has 1 aliphatic carbocycles. The monoisotopic (exact) mass is 496 g/mol. The second-order valence-corrected chi connectivity index (χ2v) is 9.97. The van der Waals surface area contributed by atoms with Gasteiger partial charge >= 0.3 is 0 Å². The third-order valence-electron chi connectivity index (χ3n) is 7.51. The minimum Gasteiger partial charge on any atom is -0.395 e.